The van der Waals surface area contributed by atoms with Crippen LogP contribution in [0.4, 0.5) is 0 Å². The van der Waals surface area contributed by atoms with Crippen LogP contribution in [0.25, 0.3) is 0 Å². The molecule has 76 valence electrons. The summed E-state index contributed by atoms with van der Waals surface area (Å²) in [6.45, 7) is 2.04. The van der Waals surface area contributed by atoms with Crippen molar-refractivity contribution in [3.8, 4) is 0 Å². The number of unbranched alkanes of at least 4 members (excludes halogenated alkanes) is 2. The van der Waals surface area contributed by atoms with Gasteiger partial charge in [0.15, 0.2) is 0 Å². The minimum atomic E-state index is -1.02. The predicted molar refractivity (Wildman–Crippen MR) is 49.4 cm³/mol. The molecule has 0 radical (unpaired) electrons. The topological polar surface area (TPSA) is 80.4 Å². The molecule has 3 N–H and O–H groups in total. The number of Topliss-reactive ketones (excluding diaryl/α,β-unsaturated/α-hetero) is 1. The summed E-state index contributed by atoms with van der Waals surface area (Å²) >= 11 is 0. The summed E-state index contributed by atoms with van der Waals surface area (Å²) < 4.78 is 0. The number of carboxylic acids is 1. The summed E-state index contributed by atoms with van der Waals surface area (Å²) in [5.74, 6) is -1.16. The molecular formula is C9H17NO3. The molecule has 0 rings (SSSR count). The molecule has 0 aromatic heterocycles. The third-order valence-electron chi connectivity index (χ3n) is 1.83. The lowest BCUT2D eigenvalue weighted by molar-refractivity contribution is -0.139. The van der Waals surface area contributed by atoms with Crippen molar-refractivity contribution < 1.29 is 14.7 Å². The second kappa shape index (κ2) is 6.60. The highest BCUT2D eigenvalue weighted by Gasteiger charge is 2.15. The van der Waals surface area contributed by atoms with Gasteiger partial charge in [0, 0.05) is 6.42 Å². The van der Waals surface area contributed by atoms with Crippen LogP contribution in [0, 0.1) is 0 Å². The Labute approximate surface area is 78.1 Å². The van der Waals surface area contributed by atoms with Gasteiger partial charge < -0.3 is 10.8 Å². The molecule has 0 saturated heterocycles. The Morgan fingerprint density at radius 2 is 2.00 bits per heavy atom. The fourth-order valence-electron chi connectivity index (χ4n) is 1.04. The first-order chi connectivity index (χ1) is 6.07. The van der Waals surface area contributed by atoms with Crippen LogP contribution in [0.1, 0.15) is 39.0 Å². The lowest BCUT2D eigenvalue weighted by Crippen LogP contribution is -2.32. The molecule has 0 aliphatic carbocycles. The number of rotatable bonds is 7. The third kappa shape index (κ3) is 6.28. The van der Waals surface area contributed by atoms with Crippen LogP contribution in [0.3, 0.4) is 0 Å². The summed E-state index contributed by atoms with van der Waals surface area (Å²) in [5, 5.41) is 8.37. The van der Waals surface area contributed by atoms with Crippen molar-refractivity contribution in [3.63, 3.8) is 0 Å². The maximum atomic E-state index is 11.2. The largest absolute Gasteiger partial charge is 0.481 e. The van der Waals surface area contributed by atoms with Crippen LogP contribution < -0.4 is 5.73 Å². The molecule has 1 atom stereocenters. The standard InChI is InChI=1S/C9H17NO3/c1-2-3-4-5-8(11)7(10)6-9(12)13/h7H,2-6,10H2,1H3,(H,12,13). The first-order valence-corrected chi connectivity index (χ1v) is 4.58. The van der Waals surface area contributed by atoms with E-state index in [1.807, 2.05) is 6.92 Å². The van der Waals surface area contributed by atoms with Crippen molar-refractivity contribution in [3.05, 3.63) is 0 Å². The average molecular weight is 187 g/mol. The highest BCUT2D eigenvalue weighted by atomic mass is 16.4. The highest BCUT2D eigenvalue weighted by Crippen LogP contribution is 2.03. The van der Waals surface area contributed by atoms with E-state index in [1.54, 1.807) is 0 Å². The van der Waals surface area contributed by atoms with Crippen LogP contribution in [0.15, 0.2) is 0 Å². The zero-order chi connectivity index (χ0) is 10.3. The number of carboxylic acid groups (broad SMARTS) is 1. The van der Waals surface area contributed by atoms with Gasteiger partial charge in [-0.1, -0.05) is 19.8 Å². The summed E-state index contributed by atoms with van der Waals surface area (Å²) in [4.78, 5) is 21.4. The molecule has 1 unspecified atom stereocenters. The lowest BCUT2D eigenvalue weighted by atomic mass is 10.0. The number of carbonyl (C=O) groups is 2. The van der Waals surface area contributed by atoms with Crippen molar-refractivity contribution in [2.45, 2.75) is 45.1 Å². The number of nitrogens with two attached hydrogens (primary N) is 1. The maximum absolute atomic E-state index is 11.2. The van der Waals surface area contributed by atoms with Crippen molar-refractivity contribution in [1.82, 2.24) is 0 Å². The molecule has 0 aliphatic rings. The van der Waals surface area contributed by atoms with Gasteiger partial charge in [0.25, 0.3) is 0 Å². The Hall–Kier alpha value is -0.900. The molecule has 0 saturated carbocycles. The summed E-state index contributed by atoms with van der Waals surface area (Å²) in [6.07, 6.45) is 2.99. The first kappa shape index (κ1) is 12.1. The Morgan fingerprint density at radius 1 is 1.38 bits per heavy atom. The van der Waals surface area contributed by atoms with Crippen LogP contribution in [0.2, 0.25) is 0 Å². The van der Waals surface area contributed by atoms with Crippen LogP contribution in [0.5, 0.6) is 0 Å². The zero-order valence-corrected chi connectivity index (χ0v) is 7.95. The molecule has 0 spiro atoms. The van der Waals surface area contributed by atoms with E-state index in [9.17, 15) is 9.59 Å². The second-order valence-corrected chi connectivity index (χ2v) is 3.13. The van der Waals surface area contributed by atoms with Gasteiger partial charge in [-0.2, -0.15) is 0 Å². The van der Waals surface area contributed by atoms with E-state index >= 15 is 0 Å². The Morgan fingerprint density at radius 3 is 2.46 bits per heavy atom. The fourth-order valence-corrected chi connectivity index (χ4v) is 1.04. The van der Waals surface area contributed by atoms with Gasteiger partial charge in [0.05, 0.1) is 12.5 Å². The van der Waals surface area contributed by atoms with E-state index in [0.29, 0.717) is 6.42 Å². The van der Waals surface area contributed by atoms with Crippen LogP contribution >= 0.6 is 0 Å². The van der Waals surface area contributed by atoms with Crippen LogP contribution in [-0.2, 0) is 9.59 Å². The van der Waals surface area contributed by atoms with Crippen molar-refractivity contribution in [1.29, 1.82) is 0 Å². The van der Waals surface area contributed by atoms with E-state index in [2.05, 4.69) is 0 Å². The van der Waals surface area contributed by atoms with E-state index in [-0.39, 0.29) is 12.2 Å². The van der Waals surface area contributed by atoms with Gasteiger partial charge in [-0.25, -0.2) is 0 Å². The molecule has 0 amide bonds. The van der Waals surface area contributed by atoms with Gasteiger partial charge in [-0.05, 0) is 6.42 Å². The molecular weight excluding hydrogens is 170 g/mol. The molecule has 0 aliphatic heterocycles. The molecule has 0 fully saturated rings. The average Bonchev–Trinajstić information content (AvgIpc) is 2.03. The van der Waals surface area contributed by atoms with Crippen molar-refractivity contribution in [2.75, 3.05) is 0 Å². The van der Waals surface area contributed by atoms with E-state index < -0.39 is 12.0 Å². The Balaban J connectivity index is 3.63. The SMILES string of the molecule is CCCCCC(=O)C(N)CC(=O)O. The number of hydrogen-bond donors (Lipinski definition) is 2. The Bertz CT molecular complexity index is 180. The van der Waals surface area contributed by atoms with E-state index in [0.717, 1.165) is 19.3 Å². The van der Waals surface area contributed by atoms with Gasteiger partial charge in [-0.3, -0.25) is 9.59 Å². The molecule has 4 heteroatoms. The summed E-state index contributed by atoms with van der Waals surface area (Å²) in [5.41, 5.74) is 5.37. The second-order valence-electron chi connectivity index (χ2n) is 3.13. The molecule has 4 nitrogen and oxygen atoms in total. The van der Waals surface area contributed by atoms with E-state index in [1.165, 1.54) is 0 Å². The number of carbonyl (C=O) groups excluding carboxylic acids is 1. The quantitative estimate of drug-likeness (QED) is 0.581. The number of hydrogen-bond acceptors (Lipinski definition) is 3. The van der Waals surface area contributed by atoms with E-state index in [4.69, 9.17) is 10.8 Å². The van der Waals surface area contributed by atoms with Crippen LogP contribution in [-0.4, -0.2) is 22.9 Å². The van der Waals surface area contributed by atoms with Gasteiger partial charge in [0.2, 0.25) is 0 Å². The monoisotopic (exact) mass is 187 g/mol. The molecule has 0 bridgehead atoms. The van der Waals surface area contributed by atoms with Crippen molar-refractivity contribution in [2.24, 2.45) is 5.73 Å². The summed E-state index contributed by atoms with van der Waals surface area (Å²) in [6, 6.07) is -0.825. The minimum Gasteiger partial charge on any atom is -0.481 e. The van der Waals surface area contributed by atoms with Gasteiger partial charge >= 0.3 is 5.97 Å². The zero-order valence-electron chi connectivity index (χ0n) is 7.95. The molecule has 0 aromatic rings. The number of aliphatic carboxylic acids is 1. The third-order valence-corrected chi connectivity index (χ3v) is 1.83. The van der Waals surface area contributed by atoms with Gasteiger partial charge in [-0.15, -0.1) is 0 Å². The summed E-state index contributed by atoms with van der Waals surface area (Å²) in [7, 11) is 0. The number of ketones is 1. The van der Waals surface area contributed by atoms with Crippen molar-refractivity contribution >= 4 is 11.8 Å². The Kier molecular flexibility index (Phi) is 6.14. The van der Waals surface area contributed by atoms with Gasteiger partial charge in [0.1, 0.15) is 5.78 Å². The fraction of sp³-hybridized carbons (Fsp3) is 0.778. The predicted octanol–water partition coefficient (Wildman–Crippen LogP) is 0.938. The minimum absolute atomic E-state index is 0.143. The normalized spacial score (nSPS) is 12.5. The highest BCUT2D eigenvalue weighted by molar-refractivity contribution is 5.87. The molecule has 0 aromatic carbocycles. The lowest BCUT2D eigenvalue weighted by Gasteiger charge is -2.06. The molecule has 13 heavy (non-hydrogen) atoms. The maximum Gasteiger partial charge on any atom is 0.305 e. The first-order valence-electron chi connectivity index (χ1n) is 4.58. The smallest absolute Gasteiger partial charge is 0.305 e. The molecule has 0 heterocycles.